The van der Waals surface area contributed by atoms with Crippen LogP contribution in [0.1, 0.15) is 41.2 Å². The van der Waals surface area contributed by atoms with E-state index in [-0.39, 0.29) is 6.42 Å². The Kier molecular flexibility index (Phi) is 5.41. The number of carboxylic acids is 1. The highest BCUT2D eigenvalue weighted by molar-refractivity contribution is 5.94. The van der Waals surface area contributed by atoms with Gasteiger partial charge in [0.2, 0.25) is 0 Å². The highest BCUT2D eigenvalue weighted by Crippen LogP contribution is 2.44. The molecular formula is C27H25NO4. The summed E-state index contributed by atoms with van der Waals surface area (Å²) in [5.74, 6) is 1.28. The third kappa shape index (κ3) is 4.25. The average Bonchev–Trinajstić information content (AvgIpc) is 3.56. The van der Waals surface area contributed by atoms with Crippen LogP contribution in [-0.2, 0) is 24.4 Å². The molecule has 3 aromatic carbocycles. The summed E-state index contributed by atoms with van der Waals surface area (Å²) >= 11 is 0. The summed E-state index contributed by atoms with van der Waals surface area (Å²) in [5.41, 5.74) is 11.6. The zero-order valence-electron chi connectivity index (χ0n) is 17.7. The van der Waals surface area contributed by atoms with Crippen molar-refractivity contribution in [2.75, 3.05) is 0 Å². The van der Waals surface area contributed by atoms with Crippen molar-refractivity contribution < 1.29 is 19.1 Å². The monoisotopic (exact) mass is 427 g/mol. The van der Waals surface area contributed by atoms with Gasteiger partial charge in [-0.25, -0.2) is 0 Å². The number of carbonyl (C=O) groups is 1. The summed E-state index contributed by atoms with van der Waals surface area (Å²) in [6, 6.07) is 21.8. The lowest BCUT2D eigenvalue weighted by molar-refractivity contribution is -0.136. The molecule has 0 radical (unpaired) electrons. The number of carboxylic acid groups (broad SMARTS) is 1. The first-order valence-electron chi connectivity index (χ1n) is 10.9. The zero-order valence-corrected chi connectivity index (χ0v) is 17.7. The van der Waals surface area contributed by atoms with Gasteiger partial charge >= 0.3 is 5.97 Å². The molecule has 1 aromatic heterocycles. The van der Waals surface area contributed by atoms with Crippen LogP contribution in [0.3, 0.4) is 0 Å². The molecule has 5 nitrogen and oxygen atoms in total. The topological polar surface area (TPSA) is 85.7 Å². The van der Waals surface area contributed by atoms with Crippen LogP contribution in [0.4, 0.5) is 0 Å². The summed E-state index contributed by atoms with van der Waals surface area (Å²) in [5, 5.41) is 10.2. The van der Waals surface area contributed by atoms with Crippen LogP contribution in [0, 0.1) is 0 Å². The molecule has 0 unspecified atom stereocenters. The molecule has 0 saturated heterocycles. The van der Waals surface area contributed by atoms with E-state index in [1.54, 1.807) is 6.07 Å². The molecular weight excluding hydrogens is 402 g/mol. The van der Waals surface area contributed by atoms with Gasteiger partial charge < -0.3 is 20.0 Å². The number of benzene rings is 3. The first kappa shape index (κ1) is 20.3. The fraction of sp³-hybridized carbons (Fsp3) is 0.222. The highest BCUT2D eigenvalue weighted by Gasteiger charge is 2.28. The van der Waals surface area contributed by atoms with Crippen molar-refractivity contribution in [3.05, 3.63) is 89.2 Å². The SMILES string of the molecule is NCc1cccc(-c2cc(COc3ccccc3CC(=O)O)cc3cc(C4CC4)oc23)c1. The first-order valence-corrected chi connectivity index (χ1v) is 10.9. The first-order chi connectivity index (χ1) is 15.6. The lowest BCUT2D eigenvalue weighted by atomic mass is 9.99. The van der Waals surface area contributed by atoms with Crippen LogP contribution in [-0.4, -0.2) is 11.1 Å². The van der Waals surface area contributed by atoms with Crippen LogP contribution >= 0.6 is 0 Å². The van der Waals surface area contributed by atoms with Crippen LogP contribution < -0.4 is 10.5 Å². The maximum Gasteiger partial charge on any atom is 0.307 e. The van der Waals surface area contributed by atoms with Gasteiger partial charge in [-0.3, -0.25) is 4.79 Å². The number of ether oxygens (including phenoxy) is 1. The standard InChI is InChI=1S/C27H25NO4/c28-15-17-4-3-6-20(10-17)23-12-18(11-22-13-25(19-8-9-19)32-27(22)23)16-31-24-7-2-1-5-21(24)14-26(29)30/h1-7,10-13,19H,8-9,14-16,28H2,(H,29,30). The van der Waals surface area contributed by atoms with E-state index in [1.165, 1.54) is 12.8 Å². The van der Waals surface area contributed by atoms with Gasteiger partial charge in [0.25, 0.3) is 0 Å². The molecule has 162 valence electrons. The van der Waals surface area contributed by atoms with E-state index in [0.717, 1.165) is 39.0 Å². The van der Waals surface area contributed by atoms with E-state index in [9.17, 15) is 9.90 Å². The second-order valence-electron chi connectivity index (χ2n) is 8.36. The van der Waals surface area contributed by atoms with Gasteiger partial charge in [-0.15, -0.1) is 0 Å². The van der Waals surface area contributed by atoms with E-state index < -0.39 is 5.97 Å². The Morgan fingerprint density at radius 3 is 2.66 bits per heavy atom. The molecule has 1 saturated carbocycles. The lowest BCUT2D eigenvalue weighted by Gasteiger charge is -2.12. The second kappa shape index (κ2) is 8.52. The van der Waals surface area contributed by atoms with Crippen molar-refractivity contribution in [3.8, 4) is 16.9 Å². The zero-order chi connectivity index (χ0) is 22.1. The number of hydrogen-bond donors (Lipinski definition) is 2. The van der Waals surface area contributed by atoms with Crippen molar-refractivity contribution in [2.45, 2.75) is 38.3 Å². The molecule has 0 spiro atoms. The molecule has 0 amide bonds. The number of rotatable bonds is 8. The number of furan rings is 1. The quantitative estimate of drug-likeness (QED) is 0.380. The summed E-state index contributed by atoms with van der Waals surface area (Å²) in [6.07, 6.45) is 2.28. The Bertz CT molecular complexity index is 1290. The van der Waals surface area contributed by atoms with Crippen LogP contribution in [0.5, 0.6) is 5.75 Å². The summed E-state index contributed by atoms with van der Waals surface area (Å²) in [6.45, 7) is 0.811. The molecule has 32 heavy (non-hydrogen) atoms. The van der Waals surface area contributed by atoms with Crippen molar-refractivity contribution >= 4 is 16.9 Å². The van der Waals surface area contributed by atoms with Gasteiger partial charge in [0.05, 0.1) is 6.42 Å². The third-order valence-electron chi connectivity index (χ3n) is 5.86. The molecule has 5 rings (SSSR count). The van der Waals surface area contributed by atoms with E-state index >= 15 is 0 Å². The Hall–Kier alpha value is -3.57. The number of para-hydroxylation sites is 1. The molecule has 1 heterocycles. The normalized spacial score (nSPS) is 13.4. The molecule has 1 aliphatic carbocycles. The van der Waals surface area contributed by atoms with Gasteiger partial charge in [0.1, 0.15) is 23.7 Å². The molecule has 0 atom stereocenters. The fourth-order valence-corrected chi connectivity index (χ4v) is 4.08. The van der Waals surface area contributed by atoms with E-state index in [0.29, 0.717) is 30.4 Å². The molecule has 0 bridgehead atoms. The Balaban J connectivity index is 1.52. The predicted molar refractivity (Wildman–Crippen MR) is 124 cm³/mol. The van der Waals surface area contributed by atoms with Gasteiger partial charge in [0.15, 0.2) is 0 Å². The van der Waals surface area contributed by atoms with Gasteiger partial charge in [-0.1, -0.05) is 36.4 Å². The van der Waals surface area contributed by atoms with E-state index in [1.807, 2.05) is 30.3 Å². The molecule has 1 aliphatic rings. The number of aliphatic carboxylic acids is 1. The van der Waals surface area contributed by atoms with Crippen molar-refractivity contribution in [1.29, 1.82) is 0 Å². The minimum atomic E-state index is -0.879. The van der Waals surface area contributed by atoms with Gasteiger partial charge in [-0.2, -0.15) is 0 Å². The highest BCUT2D eigenvalue weighted by atomic mass is 16.5. The average molecular weight is 428 g/mol. The third-order valence-corrected chi connectivity index (χ3v) is 5.86. The summed E-state index contributed by atoms with van der Waals surface area (Å²) < 4.78 is 12.4. The smallest absolute Gasteiger partial charge is 0.307 e. The molecule has 0 aliphatic heterocycles. The van der Waals surface area contributed by atoms with Crippen LogP contribution in [0.15, 0.2) is 71.1 Å². The second-order valence-corrected chi connectivity index (χ2v) is 8.36. The Labute approximate surface area is 186 Å². The van der Waals surface area contributed by atoms with Gasteiger partial charge in [-0.05, 0) is 59.9 Å². The number of hydrogen-bond acceptors (Lipinski definition) is 4. The molecule has 1 fully saturated rings. The number of fused-ring (bicyclic) bond motifs is 1. The maximum atomic E-state index is 11.2. The van der Waals surface area contributed by atoms with Crippen LogP contribution in [0.25, 0.3) is 22.1 Å². The summed E-state index contributed by atoms with van der Waals surface area (Å²) in [7, 11) is 0. The Morgan fingerprint density at radius 1 is 1.03 bits per heavy atom. The van der Waals surface area contributed by atoms with E-state index in [2.05, 4.69) is 30.3 Å². The van der Waals surface area contributed by atoms with Gasteiger partial charge in [0, 0.05) is 29.0 Å². The predicted octanol–water partition coefficient (Wildman–Crippen LogP) is 5.64. The number of nitrogens with two attached hydrogens (primary N) is 1. The van der Waals surface area contributed by atoms with Crippen molar-refractivity contribution in [2.24, 2.45) is 5.73 Å². The molecule has 4 aromatic rings. The minimum absolute atomic E-state index is 0.0706. The van der Waals surface area contributed by atoms with Crippen LogP contribution in [0.2, 0.25) is 0 Å². The molecule has 3 N–H and O–H groups in total. The Morgan fingerprint density at radius 2 is 1.88 bits per heavy atom. The fourth-order valence-electron chi connectivity index (χ4n) is 4.08. The maximum absolute atomic E-state index is 11.2. The van der Waals surface area contributed by atoms with E-state index in [4.69, 9.17) is 14.9 Å². The largest absolute Gasteiger partial charge is 0.489 e. The minimum Gasteiger partial charge on any atom is -0.489 e. The molecule has 5 heteroatoms. The van der Waals surface area contributed by atoms with Crippen molar-refractivity contribution in [1.82, 2.24) is 0 Å². The van der Waals surface area contributed by atoms with Crippen molar-refractivity contribution in [3.63, 3.8) is 0 Å². The summed E-state index contributed by atoms with van der Waals surface area (Å²) in [4.78, 5) is 11.2. The lowest BCUT2D eigenvalue weighted by Crippen LogP contribution is -2.04.